The highest BCUT2D eigenvalue weighted by molar-refractivity contribution is 7.58. The van der Waals surface area contributed by atoms with Crippen LogP contribution in [0.3, 0.4) is 0 Å². The Kier molecular flexibility index (Phi) is 3.55. The molecule has 1 aliphatic carbocycles. The quantitative estimate of drug-likeness (QED) is 0.718. The fraction of sp³-hybridized carbons (Fsp3) is 0.818. The van der Waals surface area contributed by atoms with Gasteiger partial charge in [-0.25, -0.2) is 0 Å². The highest BCUT2D eigenvalue weighted by Gasteiger charge is 2.41. The Bertz CT molecular complexity index is 323. The minimum Gasteiger partial charge on any atom is -0.366 e. The van der Waals surface area contributed by atoms with Crippen molar-refractivity contribution >= 4 is 7.60 Å². The molecule has 0 aromatic carbocycles. The normalized spacial score (nSPS) is 24.8. The Balaban J connectivity index is 2.19. The first-order valence-electron chi connectivity index (χ1n) is 5.72. The van der Waals surface area contributed by atoms with Crippen LogP contribution in [0.5, 0.6) is 0 Å². The predicted octanol–water partition coefficient (Wildman–Crippen LogP) is 3.09. The van der Waals surface area contributed by atoms with Gasteiger partial charge in [0.2, 0.25) is 0 Å². The Morgan fingerprint density at radius 2 is 1.88 bits per heavy atom. The van der Waals surface area contributed by atoms with Crippen LogP contribution in [0.1, 0.15) is 32.1 Å². The van der Waals surface area contributed by atoms with Gasteiger partial charge in [-0.3, -0.25) is 4.57 Å². The van der Waals surface area contributed by atoms with Gasteiger partial charge in [0.05, 0.1) is 17.5 Å². The second-order valence-electron chi connectivity index (χ2n) is 4.41. The molecule has 0 atom stereocenters. The van der Waals surface area contributed by atoms with E-state index in [-0.39, 0.29) is 5.60 Å². The molecule has 16 heavy (non-hydrogen) atoms. The summed E-state index contributed by atoms with van der Waals surface area (Å²) in [6.07, 6.45) is 7.64. The van der Waals surface area contributed by atoms with E-state index < -0.39 is 7.60 Å². The molecular weight excluding hydrogens is 227 g/mol. The van der Waals surface area contributed by atoms with Crippen LogP contribution in [0.4, 0.5) is 0 Å². The van der Waals surface area contributed by atoms with E-state index >= 15 is 0 Å². The molecule has 0 unspecified atom stereocenters. The molecule has 1 fully saturated rings. The Morgan fingerprint density at radius 1 is 1.25 bits per heavy atom. The summed E-state index contributed by atoms with van der Waals surface area (Å²) in [6, 6.07) is 0. The SMILES string of the molecule is COP(=O)(OC)C1=CC2(CCCCC2)OC1. The van der Waals surface area contributed by atoms with Crippen LogP contribution in [0, 0.1) is 0 Å². The van der Waals surface area contributed by atoms with Crippen molar-refractivity contribution in [3.8, 4) is 0 Å². The molecule has 1 saturated carbocycles. The van der Waals surface area contributed by atoms with Crippen molar-refractivity contribution < 1.29 is 18.3 Å². The lowest BCUT2D eigenvalue weighted by Gasteiger charge is -2.30. The van der Waals surface area contributed by atoms with Gasteiger partial charge in [0.15, 0.2) is 0 Å². The van der Waals surface area contributed by atoms with E-state index in [9.17, 15) is 4.57 Å². The summed E-state index contributed by atoms with van der Waals surface area (Å²) >= 11 is 0. The topological polar surface area (TPSA) is 44.8 Å². The van der Waals surface area contributed by atoms with Crippen LogP contribution in [-0.2, 0) is 18.3 Å². The number of rotatable bonds is 3. The summed E-state index contributed by atoms with van der Waals surface area (Å²) in [5.74, 6) is 0. The smallest absolute Gasteiger partial charge is 0.358 e. The van der Waals surface area contributed by atoms with Crippen molar-refractivity contribution in [2.45, 2.75) is 37.7 Å². The van der Waals surface area contributed by atoms with Crippen molar-refractivity contribution in [1.82, 2.24) is 0 Å². The maximum absolute atomic E-state index is 12.2. The summed E-state index contributed by atoms with van der Waals surface area (Å²) in [4.78, 5) is 0. The van der Waals surface area contributed by atoms with Crippen molar-refractivity contribution in [2.75, 3.05) is 20.8 Å². The van der Waals surface area contributed by atoms with E-state index in [1.807, 2.05) is 6.08 Å². The summed E-state index contributed by atoms with van der Waals surface area (Å²) in [7, 11) is -0.258. The molecule has 0 bridgehead atoms. The minimum atomic E-state index is -3.09. The maximum Gasteiger partial charge on any atom is 0.358 e. The third kappa shape index (κ3) is 2.12. The molecular formula is C11H19O4P. The highest BCUT2D eigenvalue weighted by atomic mass is 31.2. The first kappa shape index (κ1) is 12.3. The van der Waals surface area contributed by atoms with E-state index in [2.05, 4.69) is 0 Å². The van der Waals surface area contributed by atoms with Gasteiger partial charge >= 0.3 is 7.60 Å². The van der Waals surface area contributed by atoms with E-state index in [1.165, 1.54) is 33.5 Å². The fourth-order valence-electron chi connectivity index (χ4n) is 2.51. The van der Waals surface area contributed by atoms with E-state index in [4.69, 9.17) is 13.8 Å². The van der Waals surface area contributed by atoms with Gasteiger partial charge in [0, 0.05) is 14.2 Å². The second-order valence-corrected chi connectivity index (χ2v) is 6.71. The largest absolute Gasteiger partial charge is 0.366 e. The van der Waals surface area contributed by atoms with Crippen molar-refractivity contribution in [2.24, 2.45) is 0 Å². The van der Waals surface area contributed by atoms with Crippen molar-refractivity contribution in [3.63, 3.8) is 0 Å². The van der Waals surface area contributed by atoms with Crippen LogP contribution in [0.2, 0.25) is 0 Å². The molecule has 2 aliphatic rings. The average Bonchev–Trinajstić information content (AvgIpc) is 2.73. The molecule has 0 radical (unpaired) electrons. The minimum absolute atomic E-state index is 0.194. The van der Waals surface area contributed by atoms with E-state index in [0.717, 1.165) is 12.8 Å². The van der Waals surface area contributed by atoms with E-state index in [1.54, 1.807) is 0 Å². The number of hydrogen-bond donors (Lipinski definition) is 0. The van der Waals surface area contributed by atoms with Crippen molar-refractivity contribution in [3.05, 3.63) is 11.4 Å². The molecule has 0 aromatic heterocycles. The zero-order valence-corrected chi connectivity index (χ0v) is 10.8. The molecule has 0 aromatic rings. The highest BCUT2D eigenvalue weighted by Crippen LogP contribution is 2.58. The first-order valence-corrected chi connectivity index (χ1v) is 7.26. The van der Waals surface area contributed by atoms with Crippen LogP contribution >= 0.6 is 7.60 Å². The molecule has 0 amide bonds. The standard InChI is InChI=1S/C11H19O4P/c1-13-16(12,14-2)10-8-11(15-9-10)6-4-3-5-7-11/h8H,3-7,9H2,1-2H3. The third-order valence-electron chi connectivity index (χ3n) is 3.47. The Hall–Kier alpha value is -0.150. The number of ether oxygens (including phenoxy) is 1. The Labute approximate surface area is 96.5 Å². The summed E-state index contributed by atoms with van der Waals surface area (Å²) < 4.78 is 28.0. The lowest BCUT2D eigenvalue weighted by molar-refractivity contribution is -0.00330. The zero-order chi connectivity index (χ0) is 11.6. The molecule has 0 saturated heterocycles. The molecule has 92 valence electrons. The van der Waals surface area contributed by atoms with Crippen LogP contribution in [0.25, 0.3) is 0 Å². The van der Waals surface area contributed by atoms with Crippen LogP contribution < -0.4 is 0 Å². The van der Waals surface area contributed by atoms with Gasteiger partial charge in [0.25, 0.3) is 0 Å². The van der Waals surface area contributed by atoms with Gasteiger partial charge in [-0.2, -0.15) is 0 Å². The van der Waals surface area contributed by atoms with Gasteiger partial charge in [-0.15, -0.1) is 0 Å². The fourth-order valence-corrected chi connectivity index (χ4v) is 3.74. The molecule has 1 aliphatic heterocycles. The second kappa shape index (κ2) is 4.61. The molecule has 0 N–H and O–H groups in total. The first-order chi connectivity index (χ1) is 7.64. The van der Waals surface area contributed by atoms with Crippen LogP contribution in [0.15, 0.2) is 11.4 Å². The third-order valence-corrected chi connectivity index (χ3v) is 5.39. The lowest BCUT2D eigenvalue weighted by Crippen LogP contribution is -2.29. The summed E-state index contributed by atoms with van der Waals surface area (Å²) in [5, 5.41) is 0.680. The zero-order valence-electron chi connectivity index (χ0n) is 9.90. The monoisotopic (exact) mass is 246 g/mol. The van der Waals surface area contributed by atoms with Gasteiger partial charge in [-0.05, 0) is 18.9 Å². The molecule has 1 heterocycles. The maximum atomic E-state index is 12.2. The molecule has 1 spiro atoms. The summed E-state index contributed by atoms with van der Waals surface area (Å²) in [6.45, 7) is 0.374. The Morgan fingerprint density at radius 3 is 2.44 bits per heavy atom. The van der Waals surface area contributed by atoms with Crippen molar-refractivity contribution in [1.29, 1.82) is 0 Å². The van der Waals surface area contributed by atoms with Gasteiger partial charge in [-0.1, -0.05) is 19.3 Å². The number of hydrogen-bond acceptors (Lipinski definition) is 4. The summed E-state index contributed by atoms with van der Waals surface area (Å²) in [5.41, 5.74) is -0.194. The molecule has 4 nitrogen and oxygen atoms in total. The van der Waals surface area contributed by atoms with Crippen LogP contribution in [-0.4, -0.2) is 26.4 Å². The molecule has 5 heteroatoms. The van der Waals surface area contributed by atoms with Gasteiger partial charge in [0.1, 0.15) is 0 Å². The predicted molar refractivity (Wildman–Crippen MR) is 61.5 cm³/mol. The van der Waals surface area contributed by atoms with Gasteiger partial charge < -0.3 is 13.8 Å². The average molecular weight is 246 g/mol. The van der Waals surface area contributed by atoms with E-state index in [0.29, 0.717) is 11.9 Å². The molecule has 2 rings (SSSR count). The lowest BCUT2D eigenvalue weighted by atomic mass is 9.85.